The highest BCUT2D eigenvalue weighted by atomic mass is 35.5. The molecule has 0 saturated carbocycles. The summed E-state index contributed by atoms with van der Waals surface area (Å²) in [5, 5.41) is 2.00. The Balaban J connectivity index is 1.74. The normalized spacial score (nSPS) is 10.8. The van der Waals surface area contributed by atoms with Gasteiger partial charge >= 0.3 is 0 Å². The quantitative estimate of drug-likeness (QED) is 0.671. The van der Waals surface area contributed by atoms with Crippen molar-refractivity contribution in [3.8, 4) is 16.5 Å². The van der Waals surface area contributed by atoms with Crippen molar-refractivity contribution < 1.29 is 13.5 Å². The summed E-state index contributed by atoms with van der Waals surface area (Å²) in [6, 6.07) is 8.12. The maximum absolute atomic E-state index is 13.1. The van der Waals surface area contributed by atoms with Crippen molar-refractivity contribution in [3.63, 3.8) is 0 Å². The first-order chi connectivity index (χ1) is 10.1. The van der Waals surface area contributed by atoms with Crippen LogP contribution in [0.15, 0.2) is 40.1 Å². The number of nitrogens with zero attached hydrogens (tertiary/aromatic N) is 1. The molecule has 3 nitrogen and oxygen atoms in total. The fourth-order valence-electron chi connectivity index (χ4n) is 1.79. The van der Waals surface area contributed by atoms with Crippen molar-refractivity contribution in [1.29, 1.82) is 0 Å². The average molecular weight is 324 g/mol. The highest BCUT2D eigenvalue weighted by Gasteiger charge is 2.13. The first-order valence-electron chi connectivity index (χ1n) is 6.21. The van der Waals surface area contributed by atoms with Gasteiger partial charge in [-0.25, -0.2) is 9.37 Å². The summed E-state index contributed by atoms with van der Waals surface area (Å²) < 4.78 is 24.3. The predicted molar refractivity (Wildman–Crippen MR) is 80.3 cm³/mol. The lowest BCUT2D eigenvalue weighted by atomic mass is 10.3. The second kappa shape index (κ2) is 5.87. The average Bonchev–Trinajstić information content (AvgIpc) is 3.10. The van der Waals surface area contributed by atoms with Crippen molar-refractivity contribution in [2.75, 3.05) is 0 Å². The Labute approximate surface area is 130 Å². The van der Waals surface area contributed by atoms with E-state index in [0.717, 1.165) is 4.88 Å². The maximum Gasteiger partial charge on any atom is 0.236 e. The monoisotopic (exact) mass is 323 g/mol. The van der Waals surface area contributed by atoms with Gasteiger partial charge in [-0.1, -0.05) is 17.7 Å². The smallest absolute Gasteiger partial charge is 0.236 e. The third-order valence-electron chi connectivity index (χ3n) is 2.89. The van der Waals surface area contributed by atoms with Gasteiger partial charge in [-0.05, 0) is 30.5 Å². The molecule has 0 aliphatic rings. The number of halogens is 2. The van der Waals surface area contributed by atoms with Crippen LogP contribution in [0.1, 0.15) is 11.5 Å². The summed E-state index contributed by atoms with van der Waals surface area (Å²) in [5.74, 6) is 1.30. The predicted octanol–water partition coefficient (Wildman–Crippen LogP) is 5.08. The van der Waals surface area contributed by atoms with Crippen molar-refractivity contribution in [2.24, 2.45) is 0 Å². The molecule has 108 valence electrons. The number of oxazole rings is 1. The summed E-state index contributed by atoms with van der Waals surface area (Å²) in [6.45, 7) is 2.07. The lowest BCUT2D eigenvalue weighted by Gasteiger charge is -2.05. The van der Waals surface area contributed by atoms with Crippen LogP contribution in [0.5, 0.6) is 5.75 Å². The second-order valence-corrected chi connectivity index (χ2v) is 5.72. The van der Waals surface area contributed by atoms with E-state index in [4.69, 9.17) is 20.8 Å². The lowest BCUT2D eigenvalue weighted by molar-refractivity contribution is 0.299. The third-order valence-corrected chi connectivity index (χ3v) is 4.04. The molecule has 0 bridgehead atoms. The van der Waals surface area contributed by atoms with Gasteiger partial charge in [-0.3, -0.25) is 0 Å². The van der Waals surface area contributed by atoms with E-state index in [0.29, 0.717) is 23.1 Å². The van der Waals surface area contributed by atoms with E-state index in [-0.39, 0.29) is 11.6 Å². The highest BCUT2D eigenvalue weighted by molar-refractivity contribution is 7.13. The van der Waals surface area contributed by atoms with Gasteiger partial charge in [0.2, 0.25) is 5.89 Å². The Hall–Kier alpha value is -1.85. The zero-order valence-corrected chi connectivity index (χ0v) is 12.7. The summed E-state index contributed by atoms with van der Waals surface area (Å²) >= 11 is 7.27. The number of hydrogen-bond acceptors (Lipinski definition) is 4. The second-order valence-electron chi connectivity index (χ2n) is 4.36. The molecule has 3 rings (SSSR count). The first kappa shape index (κ1) is 14.1. The van der Waals surface area contributed by atoms with E-state index >= 15 is 0 Å². The van der Waals surface area contributed by atoms with E-state index in [1.165, 1.54) is 18.2 Å². The summed E-state index contributed by atoms with van der Waals surface area (Å²) in [7, 11) is 0. The molecule has 6 heteroatoms. The Morgan fingerprint density at radius 2 is 2.24 bits per heavy atom. The SMILES string of the molecule is Cc1oc(-c2cccs2)nc1COc1ccc(F)c(Cl)c1. The lowest BCUT2D eigenvalue weighted by Crippen LogP contribution is -1.97. The van der Waals surface area contributed by atoms with Crippen LogP contribution in [-0.4, -0.2) is 4.98 Å². The van der Waals surface area contributed by atoms with E-state index in [2.05, 4.69) is 4.98 Å². The Bertz CT molecular complexity index is 755. The topological polar surface area (TPSA) is 35.3 Å². The molecule has 0 amide bonds. The number of rotatable bonds is 4. The molecule has 0 aliphatic heterocycles. The fraction of sp³-hybridized carbons (Fsp3) is 0.133. The molecule has 0 N–H and O–H groups in total. The number of aryl methyl sites for hydroxylation is 1. The Morgan fingerprint density at radius 3 is 2.95 bits per heavy atom. The number of benzene rings is 1. The molecule has 2 heterocycles. The van der Waals surface area contributed by atoms with Crippen molar-refractivity contribution >= 4 is 22.9 Å². The van der Waals surface area contributed by atoms with E-state index < -0.39 is 5.82 Å². The van der Waals surface area contributed by atoms with Crippen LogP contribution >= 0.6 is 22.9 Å². The van der Waals surface area contributed by atoms with Crippen LogP contribution in [-0.2, 0) is 6.61 Å². The largest absolute Gasteiger partial charge is 0.487 e. The first-order valence-corrected chi connectivity index (χ1v) is 7.47. The number of ether oxygens (including phenoxy) is 1. The molecule has 21 heavy (non-hydrogen) atoms. The molecule has 3 aromatic rings. The van der Waals surface area contributed by atoms with Gasteiger partial charge in [-0.15, -0.1) is 11.3 Å². The van der Waals surface area contributed by atoms with E-state index in [1.807, 2.05) is 24.4 Å². The van der Waals surface area contributed by atoms with E-state index in [1.54, 1.807) is 11.3 Å². The zero-order valence-electron chi connectivity index (χ0n) is 11.1. The van der Waals surface area contributed by atoms with Crippen LogP contribution in [0.25, 0.3) is 10.8 Å². The minimum absolute atomic E-state index is 0.0312. The number of aromatic nitrogens is 1. The maximum atomic E-state index is 13.1. The fourth-order valence-corrected chi connectivity index (χ4v) is 2.61. The molecule has 0 unspecified atom stereocenters. The molecule has 1 aromatic carbocycles. The molecule has 0 atom stereocenters. The van der Waals surface area contributed by atoms with Crippen molar-refractivity contribution in [3.05, 3.63) is 58.0 Å². The summed E-state index contributed by atoms with van der Waals surface area (Å²) in [4.78, 5) is 5.39. The van der Waals surface area contributed by atoms with Gasteiger partial charge < -0.3 is 9.15 Å². The van der Waals surface area contributed by atoms with Crippen molar-refractivity contribution in [2.45, 2.75) is 13.5 Å². The van der Waals surface area contributed by atoms with Crippen molar-refractivity contribution in [1.82, 2.24) is 4.98 Å². The summed E-state index contributed by atoms with van der Waals surface area (Å²) in [6.07, 6.45) is 0. The van der Waals surface area contributed by atoms with Gasteiger partial charge in [0.05, 0.1) is 9.90 Å². The molecule has 0 spiro atoms. The minimum Gasteiger partial charge on any atom is -0.487 e. The summed E-state index contributed by atoms with van der Waals surface area (Å²) in [5.41, 5.74) is 0.707. The minimum atomic E-state index is -0.471. The molecule has 0 aliphatic carbocycles. The Kier molecular flexibility index (Phi) is 3.94. The number of hydrogen-bond donors (Lipinski definition) is 0. The van der Waals surface area contributed by atoms with Crippen LogP contribution in [0.4, 0.5) is 4.39 Å². The third kappa shape index (κ3) is 3.09. The van der Waals surface area contributed by atoms with Gasteiger partial charge in [0.15, 0.2) is 0 Å². The molecule has 2 aromatic heterocycles. The standard InChI is InChI=1S/C15H11ClFNO2S/c1-9-13(18-15(20-9)14-3-2-6-21-14)8-19-10-4-5-12(17)11(16)7-10/h2-7H,8H2,1H3. The molecule has 0 fully saturated rings. The van der Waals surface area contributed by atoms with Gasteiger partial charge in [0, 0.05) is 6.07 Å². The molecular formula is C15H11ClFNO2S. The Morgan fingerprint density at radius 1 is 1.38 bits per heavy atom. The zero-order chi connectivity index (χ0) is 14.8. The van der Waals surface area contributed by atoms with Gasteiger partial charge in [-0.2, -0.15) is 0 Å². The molecule has 0 radical (unpaired) electrons. The van der Waals surface area contributed by atoms with Gasteiger partial charge in [0.1, 0.15) is 29.6 Å². The van der Waals surface area contributed by atoms with Crippen LogP contribution in [0.2, 0.25) is 5.02 Å². The van der Waals surface area contributed by atoms with Crippen LogP contribution in [0.3, 0.4) is 0 Å². The van der Waals surface area contributed by atoms with Crippen LogP contribution in [0, 0.1) is 12.7 Å². The number of thiophene rings is 1. The van der Waals surface area contributed by atoms with E-state index in [9.17, 15) is 4.39 Å². The molecule has 0 saturated heterocycles. The van der Waals surface area contributed by atoms with Crippen LogP contribution < -0.4 is 4.74 Å². The highest BCUT2D eigenvalue weighted by Crippen LogP contribution is 2.27. The van der Waals surface area contributed by atoms with Gasteiger partial charge in [0.25, 0.3) is 0 Å². The molecular weight excluding hydrogens is 313 g/mol.